The van der Waals surface area contributed by atoms with E-state index in [1.807, 2.05) is 36.4 Å². The number of rotatable bonds is 4. The molecular weight excluding hydrogens is 280 g/mol. The van der Waals surface area contributed by atoms with E-state index in [0.29, 0.717) is 11.7 Å². The Kier molecular flexibility index (Phi) is 3.96. The number of esters is 1. The van der Waals surface area contributed by atoms with E-state index in [4.69, 9.17) is 9.15 Å². The van der Waals surface area contributed by atoms with Crippen molar-refractivity contribution in [1.29, 1.82) is 0 Å². The van der Waals surface area contributed by atoms with Crippen LogP contribution in [0, 0.1) is 6.92 Å². The maximum atomic E-state index is 12.1. The lowest BCUT2D eigenvalue weighted by Gasteiger charge is -2.02. The molecule has 3 aromatic rings. The minimum Gasteiger partial charge on any atom is -0.456 e. The van der Waals surface area contributed by atoms with E-state index < -0.39 is 5.97 Å². The second-order valence-electron chi connectivity index (χ2n) is 4.73. The van der Waals surface area contributed by atoms with Crippen LogP contribution in [0.25, 0.3) is 11.5 Å². The van der Waals surface area contributed by atoms with Crippen molar-refractivity contribution in [1.82, 2.24) is 9.97 Å². The number of carbonyl (C=O) groups excluding carboxylic acids is 1. The van der Waals surface area contributed by atoms with Crippen molar-refractivity contribution in [2.75, 3.05) is 0 Å². The first-order valence-corrected chi connectivity index (χ1v) is 6.83. The predicted molar refractivity (Wildman–Crippen MR) is 80.0 cm³/mol. The van der Waals surface area contributed by atoms with Gasteiger partial charge in [-0.1, -0.05) is 24.3 Å². The van der Waals surface area contributed by atoms with Gasteiger partial charge in [-0.25, -0.2) is 9.78 Å². The van der Waals surface area contributed by atoms with Gasteiger partial charge in [0.25, 0.3) is 0 Å². The third-order valence-electron chi connectivity index (χ3n) is 3.10. The zero-order valence-corrected chi connectivity index (χ0v) is 12.0. The molecule has 0 saturated carbocycles. The molecule has 0 saturated heterocycles. The highest BCUT2D eigenvalue weighted by Crippen LogP contribution is 2.22. The van der Waals surface area contributed by atoms with Gasteiger partial charge >= 0.3 is 5.97 Å². The summed E-state index contributed by atoms with van der Waals surface area (Å²) >= 11 is 0. The number of nitrogens with zero attached hydrogens (tertiary/aromatic N) is 2. The lowest BCUT2D eigenvalue weighted by molar-refractivity contribution is 0.0464. The van der Waals surface area contributed by atoms with Crippen LogP contribution in [-0.2, 0) is 11.3 Å². The molecule has 0 aliphatic rings. The van der Waals surface area contributed by atoms with Gasteiger partial charge in [-0.2, -0.15) is 0 Å². The van der Waals surface area contributed by atoms with Crippen molar-refractivity contribution in [3.8, 4) is 11.5 Å². The molecule has 0 fully saturated rings. The minimum absolute atomic E-state index is 0.152. The third-order valence-corrected chi connectivity index (χ3v) is 3.10. The Labute approximate surface area is 127 Å². The normalized spacial score (nSPS) is 10.4. The summed E-state index contributed by atoms with van der Waals surface area (Å²) in [4.78, 5) is 20.3. The quantitative estimate of drug-likeness (QED) is 0.690. The molecule has 0 unspecified atom stereocenters. The molecule has 2 aromatic heterocycles. The Bertz CT molecular complexity index is 767. The summed E-state index contributed by atoms with van der Waals surface area (Å²) in [6, 6.07) is 13.0. The number of aromatic nitrogens is 2. The second-order valence-corrected chi connectivity index (χ2v) is 4.73. The minimum atomic E-state index is -0.507. The van der Waals surface area contributed by atoms with Crippen LogP contribution >= 0.6 is 0 Å². The largest absolute Gasteiger partial charge is 0.456 e. The number of pyridine rings is 1. The van der Waals surface area contributed by atoms with Crippen LogP contribution in [0.15, 0.2) is 59.3 Å². The molecule has 110 valence electrons. The smallest absolute Gasteiger partial charge is 0.360 e. The average Bonchev–Trinajstić information content (AvgIpc) is 2.96. The summed E-state index contributed by atoms with van der Waals surface area (Å²) in [6.07, 6.45) is 3.32. The summed E-state index contributed by atoms with van der Waals surface area (Å²) in [5.41, 5.74) is 1.83. The molecule has 0 aliphatic heterocycles. The molecule has 0 N–H and O–H groups in total. The topological polar surface area (TPSA) is 65.2 Å². The lowest BCUT2D eigenvalue weighted by Crippen LogP contribution is -2.07. The summed E-state index contributed by atoms with van der Waals surface area (Å²) in [5.74, 6) is 0.341. The van der Waals surface area contributed by atoms with Gasteiger partial charge in [-0.15, -0.1) is 0 Å². The summed E-state index contributed by atoms with van der Waals surface area (Å²) in [5, 5.41) is 0. The van der Waals surface area contributed by atoms with Gasteiger partial charge < -0.3 is 9.15 Å². The zero-order valence-electron chi connectivity index (χ0n) is 12.0. The highest BCUT2D eigenvalue weighted by atomic mass is 16.5. The third kappa shape index (κ3) is 3.03. The summed E-state index contributed by atoms with van der Waals surface area (Å²) in [6.45, 7) is 1.85. The van der Waals surface area contributed by atoms with Gasteiger partial charge in [0.15, 0.2) is 5.69 Å². The second kappa shape index (κ2) is 6.22. The first kappa shape index (κ1) is 14.0. The Morgan fingerprint density at radius 1 is 1.18 bits per heavy atom. The van der Waals surface area contributed by atoms with Crippen LogP contribution in [0.3, 0.4) is 0 Å². The monoisotopic (exact) mass is 294 g/mol. The molecule has 0 atom stereocenters. The van der Waals surface area contributed by atoms with E-state index >= 15 is 0 Å². The fourth-order valence-electron chi connectivity index (χ4n) is 1.99. The van der Waals surface area contributed by atoms with E-state index in [2.05, 4.69) is 9.97 Å². The molecule has 5 nitrogen and oxygen atoms in total. The lowest BCUT2D eigenvalue weighted by atomic mass is 10.2. The van der Waals surface area contributed by atoms with Crippen LogP contribution in [-0.4, -0.2) is 15.9 Å². The molecule has 5 heteroatoms. The van der Waals surface area contributed by atoms with Gasteiger partial charge in [0.05, 0.1) is 0 Å². The molecular formula is C17H14N2O3. The Hall–Kier alpha value is -2.95. The van der Waals surface area contributed by atoms with Crippen LogP contribution in [0.5, 0.6) is 0 Å². The average molecular weight is 294 g/mol. The maximum Gasteiger partial charge on any atom is 0.360 e. The van der Waals surface area contributed by atoms with Crippen LogP contribution < -0.4 is 0 Å². The van der Waals surface area contributed by atoms with Crippen molar-refractivity contribution >= 4 is 5.97 Å². The molecule has 0 bridgehead atoms. The van der Waals surface area contributed by atoms with Gasteiger partial charge in [0.1, 0.15) is 12.4 Å². The summed E-state index contributed by atoms with van der Waals surface area (Å²) in [7, 11) is 0. The Morgan fingerprint density at radius 3 is 2.73 bits per heavy atom. The zero-order chi connectivity index (χ0) is 15.4. The van der Waals surface area contributed by atoms with Crippen molar-refractivity contribution in [3.63, 3.8) is 0 Å². The van der Waals surface area contributed by atoms with Gasteiger partial charge in [-0.3, -0.25) is 4.98 Å². The number of hydrogen-bond donors (Lipinski definition) is 0. The molecule has 0 radical (unpaired) electrons. The van der Waals surface area contributed by atoms with Crippen molar-refractivity contribution in [2.24, 2.45) is 0 Å². The van der Waals surface area contributed by atoms with E-state index in [9.17, 15) is 4.79 Å². The van der Waals surface area contributed by atoms with E-state index in [-0.39, 0.29) is 12.3 Å². The van der Waals surface area contributed by atoms with Crippen LogP contribution in [0.4, 0.5) is 0 Å². The van der Waals surface area contributed by atoms with E-state index in [1.54, 1.807) is 25.4 Å². The standard InChI is InChI=1S/C17H14N2O3/c1-12-15(17(20)21-11-13-6-5-9-18-10-13)19-16(22-12)14-7-3-2-4-8-14/h2-10H,11H2,1H3. The Morgan fingerprint density at radius 2 is 2.00 bits per heavy atom. The van der Waals surface area contributed by atoms with Crippen molar-refractivity contribution in [3.05, 3.63) is 71.9 Å². The molecule has 2 heterocycles. The van der Waals surface area contributed by atoms with E-state index in [0.717, 1.165) is 11.1 Å². The highest BCUT2D eigenvalue weighted by molar-refractivity contribution is 5.88. The summed E-state index contributed by atoms with van der Waals surface area (Å²) < 4.78 is 10.8. The van der Waals surface area contributed by atoms with Gasteiger partial charge in [-0.05, 0) is 25.1 Å². The highest BCUT2D eigenvalue weighted by Gasteiger charge is 2.19. The number of carbonyl (C=O) groups is 1. The molecule has 1 aromatic carbocycles. The number of hydrogen-bond acceptors (Lipinski definition) is 5. The first-order chi connectivity index (χ1) is 10.7. The maximum absolute atomic E-state index is 12.1. The van der Waals surface area contributed by atoms with E-state index in [1.165, 1.54) is 0 Å². The molecule has 0 spiro atoms. The number of benzene rings is 1. The number of ether oxygens (including phenoxy) is 1. The van der Waals surface area contributed by atoms with Gasteiger partial charge in [0.2, 0.25) is 5.89 Å². The van der Waals surface area contributed by atoms with Crippen LogP contribution in [0.2, 0.25) is 0 Å². The SMILES string of the molecule is Cc1oc(-c2ccccc2)nc1C(=O)OCc1cccnc1. The fraction of sp³-hybridized carbons (Fsp3) is 0.118. The number of aryl methyl sites for hydroxylation is 1. The molecule has 0 aliphatic carbocycles. The van der Waals surface area contributed by atoms with Crippen molar-refractivity contribution < 1.29 is 13.9 Å². The number of oxazole rings is 1. The van der Waals surface area contributed by atoms with Crippen molar-refractivity contribution in [2.45, 2.75) is 13.5 Å². The van der Waals surface area contributed by atoms with Crippen LogP contribution in [0.1, 0.15) is 21.8 Å². The Balaban J connectivity index is 1.74. The van der Waals surface area contributed by atoms with Gasteiger partial charge in [0, 0.05) is 23.5 Å². The predicted octanol–water partition coefficient (Wildman–Crippen LogP) is 3.40. The first-order valence-electron chi connectivity index (χ1n) is 6.83. The molecule has 3 rings (SSSR count). The fourth-order valence-corrected chi connectivity index (χ4v) is 1.99. The molecule has 22 heavy (non-hydrogen) atoms. The molecule has 0 amide bonds.